The number of benzene rings is 2. The summed E-state index contributed by atoms with van der Waals surface area (Å²) in [6, 6.07) is 12.5. The first-order valence-electron chi connectivity index (χ1n) is 8.18. The molecule has 0 aliphatic rings. The lowest BCUT2D eigenvalue weighted by molar-refractivity contribution is 0.406. The van der Waals surface area contributed by atoms with Crippen LogP contribution in [-0.2, 0) is 16.4 Å². The maximum atomic E-state index is 13.8. The molecule has 3 rings (SSSR count). The van der Waals surface area contributed by atoms with Gasteiger partial charge in [-0.3, -0.25) is 0 Å². The number of sulfone groups is 1. The molecule has 1 heterocycles. The Bertz CT molecular complexity index is 1070. The molecule has 0 radical (unpaired) electrons. The van der Waals surface area contributed by atoms with Gasteiger partial charge in [0.15, 0.2) is 21.5 Å². The lowest BCUT2D eigenvalue weighted by atomic mass is 10.0. The summed E-state index contributed by atoms with van der Waals surface area (Å²) < 4.78 is 50.5. The molecule has 2 aromatic carbocycles. The molecule has 27 heavy (non-hydrogen) atoms. The second-order valence-corrected chi connectivity index (χ2v) is 9.77. The molecule has 3 nitrogen and oxygen atoms in total. The standard InChI is InChI=1S/C20H19F2NO2S2/c1-23(2)12-15-11-17(13-4-7-16(8-5-13)27(3,24)25)20(26-15)14-6-9-18(21)19(22)10-14/h4-11H,12H2,1-3H3. The predicted molar refractivity (Wildman–Crippen MR) is 106 cm³/mol. The summed E-state index contributed by atoms with van der Waals surface area (Å²) in [7, 11) is 0.631. The van der Waals surface area contributed by atoms with Gasteiger partial charge < -0.3 is 4.90 Å². The third kappa shape index (κ3) is 4.43. The van der Waals surface area contributed by atoms with Crippen LogP contribution in [0.5, 0.6) is 0 Å². The molecule has 0 unspecified atom stereocenters. The smallest absolute Gasteiger partial charge is 0.175 e. The van der Waals surface area contributed by atoms with Gasteiger partial charge in [-0.05, 0) is 55.6 Å². The zero-order valence-electron chi connectivity index (χ0n) is 15.2. The van der Waals surface area contributed by atoms with Crippen molar-refractivity contribution in [1.29, 1.82) is 0 Å². The Morgan fingerprint density at radius 3 is 2.11 bits per heavy atom. The van der Waals surface area contributed by atoms with E-state index in [4.69, 9.17) is 0 Å². The van der Waals surface area contributed by atoms with Gasteiger partial charge in [-0.15, -0.1) is 11.3 Å². The predicted octanol–water partition coefficient (Wildman–Crippen LogP) is 4.83. The molecule has 0 aliphatic carbocycles. The van der Waals surface area contributed by atoms with E-state index in [9.17, 15) is 17.2 Å². The fourth-order valence-electron chi connectivity index (χ4n) is 2.78. The molecule has 0 saturated carbocycles. The minimum atomic E-state index is -3.28. The molecule has 0 atom stereocenters. The Hall–Kier alpha value is -2.09. The molecule has 7 heteroatoms. The quantitative estimate of drug-likeness (QED) is 0.608. The SMILES string of the molecule is CN(C)Cc1cc(-c2ccc(S(C)(=O)=O)cc2)c(-c2ccc(F)c(F)c2)s1. The average Bonchev–Trinajstić information content (AvgIpc) is 2.99. The highest BCUT2D eigenvalue weighted by Crippen LogP contribution is 2.40. The molecule has 3 aromatic rings. The van der Waals surface area contributed by atoms with Crippen molar-refractivity contribution in [2.75, 3.05) is 20.4 Å². The summed E-state index contributed by atoms with van der Waals surface area (Å²) in [5.41, 5.74) is 2.28. The minimum Gasteiger partial charge on any atom is -0.304 e. The van der Waals surface area contributed by atoms with Crippen molar-refractivity contribution in [3.05, 3.63) is 65.0 Å². The zero-order valence-corrected chi connectivity index (χ0v) is 16.8. The maximum Gasteiger partial charge on any atom is 0.175 e. The second kappa shape index (κ2) is 7.50. The summed E-state index contributed by atoms with van der Waals surface area (Å²) in [5.74, 6) is -1.78. The van der Waals surface area contributed by atoms with Crippen molar-refractivity contribution < 1.29 is 17.2 Å². The average molecular weight is 408 g/mol. The number of hydrogen-bond acceptors (Lipinski definition) is 4. The summed E-state index contributed by atoms with van der Waals surface area (Å²) in [6.45, 7) is 0.711. The van der Waals surface area contributed by atoms with E-state index >= 15 is 0 Å². The van der Waals surface area contributed by atoms with Gasteiger partial charge in [0.25, 0.3) is 0 Å². The first-order chi connectivity index (χ1) is 12.6. The Morgan fingerprint density at radius 2 is 1.56 bits per heavy atom. The number of halogens is 2. The molecule has 1 aromatic heterocycles. The molecular weight excluding hydrogens is 388 g/mol. The topological polar surface area (TPSA) is 37.4 Å². The van der Waals surface area contributed by atoms with Crippen molar-refractivity contribution in [2.45, 2.75) is 11.4 Å². The van der Waals surface area contributed by atoms with E-state index in [2.05, 4.69) is 0 Å². The van der Waals surface area contributed by atoms with Gasteiger partial charge in [-0.25, -0.2) is 17.2 Å². The minimum absolute atomic E-state index is 0.240. The highest BCUT2D eigenvalue weighted by Gasteiger charge is 2.16. The second-order valence-electron chi connectivity index (χ2n) is 6.62. The van der Waals surface area contributed by atoms with E-state index in [0.717, 1.165) is 33.2 Å². The molecule has 0 bridgehead atoms. The molecular formula is C20H19F2NO2S2. The Morgan fingerprint density at radius 1 is 0.926 bits per heavy atom. The van der Waals surface area contributed by atoms with Gasteiger partial charge in [-0.1, -0.05) is 18.2 Å². The lowest BCUT2D eigenvalue weighted by Crippen LogP contribution is -2.09. The largest absolute Gasteiger partial charge is 0.304 e. The van der Waals surface area contributed by atoms with Gasteiger partial charge in [0.2, 0.25) is 0 Å². The van der Waals surface area contributed by atoms with Crippen molar-refractivity contribution in [1.82, 2.24) is 4.90 Å². The van der Waals surface area contributed by atoms with Crippen LogP contribution in [0.4, 0.5) is 8.78 Å². The van der Waals surface area contributed by atoms with Crippen molar-refractivity contribution in [3.63, 3.8) is 0 Å². The van der Waals surface area contributed by atoms with Crippen LogP contribution in [0.15, 0.2) is 53.4 Å². The third-order valence-corrected chi connectivity index (χ3v) is 6.33. The first-order valence-corrected chi connectivity index (χ1v) is 10.9. The fourth-order valence-corrected chi connectivity index (χ4v) is 4.70. The fraction of sp³-hybridized carbons (Fsp3) is 0.200. The van der Waals surface area contributed by atoms with E-state index in [1.807, 2.05) is 25.1 Å². The van der Waals surface area contributed by atoms with Gasteiger partial charge >= 0.3 is 0 Å². The van der Waals surface area contributed by atoms with E-state index in [-0.39, 0.29) is 4.90 Å². The first kappa shape index (κ1) is 19.7. The number of rotatable bonds is 5. The number of thiophene rings is 1. The van der Waals surface area contributed by atoms with Crippen LogP contribution in [0.2, 0.25) is 0 Å². The normalized spacial score (nSPS) is 11.9. The van der Waals surface area contributed by atoms with Gasteiger partial charge in [0, 0.05) is 28.1 Å². The number of hydrogen-bond donors (Lipinski definition) is 0. The number of nitrogens with zero attached hydrogens (tertiary/aromatic N) is 1. The summed E-state index contributed by atoms with van der Waals surface area (Å²) in [5, 5.41) is 0. The van der Waals surface area contributed by atoms with Crippen molar-refractivity contribution in [2.24, 2.45) is 0 Å². The van der Waals surface area contributed by atoms with Crippen molar-refractivity contribution >= 4 is 21.2 Å². The van der Waals surface area contributed by atoms with E-state index in [0.29, 0.717) is 12.1 Å². The summed E-state index contributed by atoms with van der Waals surface area (Å²) in [4.78, 5) is 4.15. The third-order valence-electron chi connectivity index (χ3n) is 4.03. The highest BCUT2D eigenvalue weighted by molar-refractivity contribution is 7.90. The van der Waals surface area contributed by atoms with E-state index < -0.39 is 21.5 Å². The molecule has 0 aliphatic heterocycles. The van der Waals surface area contributed by atoms with Crippen LogP contribution in [0.25, 0.3) is 21.6 Å². The zero-order chi connectivity index (χ0) is 19.8. The van der Waals surface area contributed by atoms with Gasteiger partial charge in [0.1, 0.15) is 0 Å². The van der Waals surface area contributed by atoms with E-state index in [1.54, 1.807) is 30.3 Å². The Kier molecular flexibility index (Phi) is 5.46. The van der Waals surface area contributed by atoms with Crippen LogP contribution in [0.1, 0.15) is 4.88 Å². The molecule has 0 fully saturated rings. The Labute approximate surface area is 161 Å². The monoisotopic (exact) mass is 407 g/mol. The molecule has 142 valence electrons. The molecule has 0 spiro atoms. The molecule has 0 N–H and O–H groups in total. The van der Waals surface area contributed by atoms with Crippen LogP contribution >= 0.6 is 11.3 Å². The summed E-state index contributed by atoms with van der Waals surface area (Å²) in [6.07, 6.45) is 1.16. The van der Waals surface area contributed by atoms with Gasteiger partial charge in [0.05, 0.1) is 4.90 Å². The Balaban J connectivity index is 2.12. The van der Waals surface area contributed by atoms with Crippen LogP contribution in [-0.4, -0.2) is 33.7 Å². The van der Waals surface area contributed by atoms with Crippen molar-refractivity contribution in [3.8, 4) is 21.6 Å². The van der Waals surface area contributed by atoms with E-state index in [1.165, 1.54) is 17.4 Å². The molecule has 0 saturated heterocycles. The maximum absolute atomic E-state index is 13.8. The van der Waals surface area contributed by atoms with Crippen LogP contribution < -0.4 is 0 Å². The summed E-state index contributed by atoms with van der Waals surface area (Å²) >= 11 is 1.51. The molecule has 0 amide bonds. The lowest BCUT2D eigenvalue weighted by Gasteiger charge is -2.06. The van der Waals surface area contributed by atoms with Crippen LogP contribution in [0.3, 0.4) is 0 Å². The highest BCUT2D eigenvalue weighted by atomic mass is 32.2. The van der Waals surface area contributed by atoms with Gasteiger partial charge in [-0.2, -0.15) is 0 Å². The van der Waals surface area contributed by atoms with Crippen LogP contribution in [0, 0.1) is 11.6 Å².